The summed E-state index contributed by atoms with van der Waals surface area (Å²) in [6, 6.07) is 8.54. The molecule has 0 spiro atoms. The highest BCUT2D eigenvalue weighted by molar-refractivity contribution is 7.91. The van der Waals surface area contributed by atoms with Crippen molar-refractivity contribution >= 4 is 9.84 Å². The van der Waals surface area contributed by atoms with Crippen molar-refractivity contribution in [3.63, 3.8) is 0 Å². The molecule has 19 heavy (non-hydrogen) atoms. The molecule has 1 N–H and O–H groups in total. The first kappa shape index (κ1) is 14.5. The highest BCUT2D eigenvalue weighted by Crippen LogP contribution is 2.21. The van der Waals surface area contributed by atoms with E-state index in [1.807, 2.05) is 0 Å². The van der Waals surface area contributed by atoms with Gasteiger partial charge in [-0.05, 0) is 30.9 Å². The maximum absolute atomic E-state index is 11.9. The third-order valence-electron chi connectivity index (χ3n) is 3.69. The molecule has 3 nitrogen and oxygen atoms in total. The van der Waals surface area contributed by atoms with Crippen molar-refractivity contribution in [2.24, 2.45) is 0 Å². The Balaban J connectivity index is 2.18. The first-order chi connectivity index (χ1) is 9.00. The SMILES string of the molecule is CCCc1ccc(C2CS(=O)(=O)CCC(C)N2)cc1. The second kappa shape index (κ2) is 6.06. The van der Waals surface area contributed by atoms with E-state index in [-0.39, 0.29) is 17.8 Å². The van der Waals surface area contributed by atoms with Gasteiger partial charge in [0.1, 0.15) is 0 Å². The molecule has 1 heterocycles. The Kier molecular flexibility index (Phi) is 4.63. The zero-order valence-electron chi connectivity index (χ0n) is 11.7. The largest absolute Gasteiger partial charge is 0.307 e. The van der Waals surface area contributed by atoms with Crippen LogP contribution in [0.4, 0.5) is 0 Å². The Morgan fingerprint density at radius 2 is 1.95 bits per heavy atom. The Hall–Kier alpha value is -0.870. The minimum Gasteiger partial charge on any atom is -0.307 e. The summed E-state index contributed by atoms with van der Waals surface area (Å²) < 4.78 is 23.9. The number of sulfone groups is 1. The number of aryl methyl sites for hydroxylation is 1. The molecule has 1 aromatic rings. The van der Waals surface area contributed by atoms with Crippen LogP contribution < -0.4 is 5.32 Å². The van der Waals surface area contributed by atoms with E-state index in [1.54, 1.807) is 0 Å². The Morgan fingerprint density at radius 3 is 2.58 bits per heavy atom. The van der Waals surface area contributed by atoms with Crippen molar-refractivity contribution in [2.75, 3.05) is 11.5 Å². The minimum atomic E-state index is -2.93. The fraction of sp³-hybridized carbons (Fsp3) is 0.600. The van der Waals surface area contributed by atoms with Crippen LogP contribution >= 0.6 is 0 Å². The van der Waals surface area contributed by atoms with E-state index in [0.717, 1.165) is 18.4 Å². The summed E-state index contributed by atoms with van der Waals surface area (Å²) >= 11 is 0. The number of nitrogens with one attached hydrogen (secondary N) is 1. The summed E-state index contributed by atoms with van der Waals surface area (Å²) in [6.07, 6.45) is 2.91. The molecule has 0 aliphatic carbocycles. The van der Waals surface area contributed by atoms with Gasteiger partial charge in [0.05, 0.1) is 11.5 Å². The lowest BCUT2D eigenvalue weighted by Gasteiger charge is -2.19. The van der Waals surface area contributed by atoms with Gasteiger partial charge < -0.3 is 5.32 Å². The van der Waals surface area contributed by atoms with Crippen molar-refractivity contribution in [1.29, 1.82) is 0 Å². The predicted molar refractivity (Wildman–Crippen MR) is 79.0 cm³/mol. The summed E-state index contributed by atoms with van der Waals surface area (Å²) in [5, 5.41) is 3.42. The monoisotopic (exact) mass is 281 g/mol. The van der Waals surface area contributed by atoms with Crippen molar-refractivity contribution in [3.8, 4) is 0 Å². The molecular weight excluding hydrogens is 258 g/mol. The molecule has 2 unspecified atom stereocenters. The van der Waals surface area contributed by atoms with E-state index < -0.39 is 9.84 Å². The molecule has 1 aromatic carbocycles. The van der Waals surface area contributed by atoms with Crippen LogP contribution in [-0.4, -0.2) is 26.0 Å². The van der Waals surface area contributed by atoms with E-state index >= 15 is 0 Å². The van der Waals surface area contributed by atoms with Gasteiger partial charge in [0.25, 0.3) is 0 Å². The van der Waals surface area contributed by atoms with Gasteiger partial charge in [0, 0.05) is 12.1 Å². The van der Waals surface area contributed by atoms with Gasteiger partial charge in [-0.2, -0.15) is 0 Å². The van der Waals surface area contributed by atoms with Crippen LogP contribution in [-0.2, 0) is 16.3 Å². The number of hydrogen-bond donors (Lipinski definition) is 1. The van der Waals surface area contributed by atoms with Crippen LogP contribution in [0.25, 0.3) is 0 Å². The molecule has 4 heteroatoms. The minimum absolute atomic E-state index is 0.0711. The highest BCUT2D eigenvalue weighted by atomic mass is 32.2. The Bertz CT molecular complexity index is 507. The van der Waals surface area contributed by atoms with Gasteiger partial charge in [-0.3, -0.25) is 0 Å². The predicted octanol–water partition coefficient (Wildman–Crippen LogP) is 2.48. The van der Waals surface area contributed by atoms with Gasteiger partial charge in [-0.15, -0.1) is 0 Å². The van der Waals surface area contributed by atoms with E-state index in [2.05, 4.69) is 43.4 Å². The lowest BCUT2D eigenvalue weighted by atomic mass is 10.0. The van der Waals surface area contributed by atoms with Crippen molar-refractivity contribution in [2.45, 2.75) is 45.2 Å². The van der Waals surface area contributed by atoms with Crippen LogP contribution in [0.1, 0.15) is 43.9 Å². The van der Waals surface area contributed by atoms with Crippen LogP contribution in [0.2, 0.25) is 0 Å². The molecule has 2 atom stereocenters. The van der Waals surface area contributed by atoms with Gasteiger partial charge in [-0.1, -0.05) is 37.6 Å². The first-order valence-corrected chi connectivity index (χ1v) is 8.87. The third-order valence-corrected chi connectivity index (χ3v) is 5.39. The lowest BCUT2D eigenvalue weighted by molar-refractivity contribution is 0.484. The van der Waals surface area contributed by atoms with E-state index in [1.165, 1.54) is 5.56 Å². The third kappa shape index (κ3) is 4.05. The van der Waals surface area contributed by atoms with Gasteiger partial charge >= 0.3 is 0 Å². The van der Waals surface area contributed by atoms with Crippen LogP contribution in [0.5, 0.6) is 0 Å². The standard InChI is InChI=1S/C15H23NO2S/c1-3-4-13-5-7-14(8-6-13)15-11-19(17,18)10-9-12(2)16-15/h5-8,12,15-16H,3-4,9-11H2,1-2H3. The van der Waals surface area contributed by atoms with Gasteiger partial charge in [0.15, 0.2) is 9.84 Å². The zero-order valence-corrected chi connectivity index (χ0v) is 12.5. The van der Waals surface area contributed by atoms with Crippen molar-refractivity contribution < 1.29 is 8.42 Å². The number of hydrogen-bond acceptors (Lipinski definition) is 3. The molecule has 0 aromatic heterocycles. The average molecular weight is 281 g/mol. The molecular formula is C15H23NO2S. The summed E-state index contributed by atoms with van der Waals surface area (Å²) in [5.41, 5.74) is 2.40. The fourth-order valence-corrected chi connectivity index (χ4v) is 4.24. The summed E-state index contributed by atoms with van der Waals surface area (Å²) in [4.78, 5) is 0. The maximum Gasteiger partial charge on any atom is 0.152 e. The molecule has 1 saturated heterocycles. The van der Waals surface area contributed by atoms with E-state index in [4.69, 9.17) is 0 Å². The van der Waals surface area contributed by atoms with Gasteiger partial charge in [-0.25, -0.2) is 8.42 Å². The Morgan fingerprint density at radius 1 is 1.26 bits per heavy atom. The second-order valence-corrected chi connectivity index (χ2v) is 7.74. The second-order valence-electron chi connectivity index (χ2n) is 5.51. The first-order valence-electron chi connectivity index (χ1n) is 7.05. The zero-order chi connectivity index (χ0) is 13.9. The summed E-state index contributed by atoms with van der Waals surface area (Å²) in [7, 11) is -2.93. The van der Waals surface area contributed by atoms with Gasteiger partial charge in [0.2, 0.25) is 0 Å². The van der Waals surface area contributed by atoms with Crippen LogP contribution in [0, 0.1) is 0 Å². The van der Waals surface area contributed by atoms with Crippen molar-refractivity contribution in [3.05, 3.63) is 35.4 Å². The van der Waals surface area contributed by atoms with E-state index in [9.17, 15) is 8.42 Å². The number of benzene rings is 1. The van der Waals surface area contributed by atoms with Crippen LogP contribution in [0.3, 0.4) is 0 Å². The maximum atomic E-state index is 11.9. The lowest BCUT2D eigenvalue weighted by Crippen LogP contribution is -2.30. The fourth-order valence-electron chi connectivity index (χ4n) is 2.57. The quantitative estimate of drug-likeness (QED) is 0.926. The molecule has 0 radical (unpaired) electrons. The van der Waals surface area contributed by atoms with Crippen molar-refractivity contribution in [1.82, 2.24) is 5.32 Å². The van der Waals surface area contributed by atoms with E-state index in [0.29, 0.717) is 12.2 Å². The molecule has 1 aliphatic heterocycles. The topological polar surface area (TPSA) is 46.2 Å². The summed E-state index contributed by atoms with van der Waals surface area (Å²) in [5.74, 6) is 0.510. The van der Waals surface area contributed by atoms with Crippen LogP contribution in [0.15, 0.2) is 24.3 Å². The molecule has 0 bridgehead atoms. The highest BCUT2D eigenvalue weighted by Gasteiger charge is 2.26. The molecule has 106 valence electrons. The normalized spacial score (nSPS) is 26.8. The summed E-state index contributed by atoms with van der Waals surface area (Å²) in [6.45, 7) is 4.22. The molecule has 2 rings (SSSR count). The molecule has 0 amide bonds. The molecule has 1 fully saturated rings. The number of rotatable bonds is 3. The Labute approximate surface area is 116 Å². The molecule has 0 saturated carbocycles. The average Bonchev–Trinajstić information content (AvgIpc) is 2.50. The molecule has 1 aliphatic rings. The smallest absolute Gasteiger partial charge is 0.152 e.